The van der Waals surface area contributed by atoms with Gasteiger partial charge in [0.05, 0.1) is 27.2 Å². The molecule has 0 amide bonds. The molecule has 1 atom stereocenters. The quantitative estimate of drug-likeness (QED) is 0.311. The van der Waals surface area contributed by atoms with Gasteiger partial charge in [0.25, 0.3) is 0 Å². The third-order valence-electron chi connectivity index (χ3n) is 7.19. The Bertz CT molecular complexity index is 1450. The van der Waals surface area contributed by atoms with Crippen LogP contribution in [0, 0.1) is 0 Å². The number of hydrogen-bond acceptors (Lipinski definition) is 8. The minimum absolute atomic E-state index is 0.0868. The minimum Gasteiger partial charge on any atom is -0.496 e. The molecule has 0 fully saturated rings. The molecule has 1 unspecified atom stereocenters. The number of nitrogens with zero attached hydrogens (tertiary/aromatic N) is 1. The summed E-state index contributed by atoms with van der Waals surface area (Å²) in [6, 6.07) is 16.0. The van der Waals surface area contributed by atoms with Crippen molar-refractivity contribution >= 4 is 16.1 Å². The van der Waals surface area contributed by atoms with Gasteiger partial charge in [-0.25, -0.2) is 0 Å². The van der Waals surface area contributed by atoms with Crippen molar-refractivity contribution < 1.29 is 31.6 Å². The van der Waals surface area contributed by atoms with Crippen molar-refractivity contribution in [1.82, 2.24) is 4.90 Å². The number of ether oxygens (including phenoxy) is 3. The lowest BCUT2D eigenvalue weighted by Crippen LogP contribution is -2.39. The molecular formula is C29H31NO7S. The summed E-state index contributed by atoms with van der Waals surface area (Å²) in [5, 5.41) is 0. The van der Waals surface area contributed by atoms with E-state index in [-0.39, 0.29) is 29.1 Å². The zero-order valence-corrected chi connectivity index (χ0v) is 22.5. The molecule has 2 aliphatic rings. The van der Waals surface area contributed by atoms with Crippen molar-refractivity contribution in [3.8, 4) is 17.2 Å². The molecule has 2 heterocycles. The Morgan fingerprint density at radius 3 is 2.47 bits per heavy atom. The number of carbonyl (C=O) groups excluding carboxylic acids is 1. The first-order valence-corrected chi connectivity index (χ1v) is 14.0. The molecule has 5 rings (SSSR count). The molecule has 8 nitrogen and oxygen atoms in total. The van der Waals surface area contributed by atoms with Crippen LogP contribution < -0.4 is 13.7 Å². The van der Waals surface area contributed by atoms with Crippen molar-refractivity contribution in [3.63, 3.8) is 0 Å². The fraction of sp³-hybridized carbons (Fsp3) is 0.345. The number of fused-ring (bicyclic) bond motifs is 4. The van der Waals surface area contributed by atoms with E-state index in [1.807, 2.05) is 12.1 Å². The van der Waals surface area contributed by atoms with E-state index in [4.69, 9.17) is 18.4 Å². The first-order valence-electron chi connectivity index (χ1n) is 12.6. The zero-order chi connectivity index (χ0) is 26.9. The van der Waals surface area contributed by atoms with Crippen LogP contribution >= 0.6 is 0 Å². The van der Waals surface area contributed by atoms with E-state index < -0.39 is 10.1 Å². The standard InChI is InChI=1S/C29H31NO7S/c1-4-36-28(31)16-21-14-20-12-13-30-18-24-19(15-25(30)23(20)17-27(21)35-3)10-11-26(34-2)29(24)37-38(32,33)22-8-6-5-7-9-22/h5-11,14,17,25H,4,12-13,15-16,18H2,1-3H3. The average molecular weight is 538 g/mol. The number of benzene rings is 3. The smallest absolute Gasteiger partial charge is 0.339 e. The molecule has 0 saturated carbocycles. The van der Waals surface area contributed by atoms with Gasteiger partial charge < -0.3 is 18.4 Å². The maximum atomic E-state index is 13.1. The van der Waals surface area contributed by atoms with Gasteiger partial charge in [-0.3, -0.25) is 9.69 Å². The number of hydrogen-bond donors (Lipinski definition) is 0. The van der Waals surface area contributed by atoms with E-state index in [0.29, 0.717) is 31.1 Å². The Hall–Kier alpha value is -3.56. The molecule has 3 aromatic carbocycles. The fourth-order valence-electron chi connectivity index (χ4n) is 5.38. The highest BCUT2D eigenvalue weighted by atomic mass is 32.2. The van der Waals surface area contributed by atoms with E-state index in [0.717, 1.165) is 35.2 Å². The zero-order valence-electron chi connectivity index (χ0n) is 21.7. The van der Waals surface area contributed by atoms with Gasteiger partial charge in [-0.1, -0.05) is 30.3 Å². The summed E-state index contributed by atoms with van der Waals surface area (Å²) in [7, 11) is -0.924. The van der Waals surface area contributed by atoms with E-state index in [2.05, 4.69) is 11.0 Å². The van der Waals surface area contributed by atoms with Gasteiger partial charge in [0.1, 0.15) is 10.6 Å². The highest BCUT2D eigenvalue weighted by Gasteiger charge is 2.36. The molecule has 0 saturated heterocycles. The summed E-state index contributed by atoms with van der Waals surface area (Å²) in [5.41, 5.74) is 4.98. The lowest BCUT2D eigenvalue weighted by molar-refractivity contribution is -0.142. The highest BCUT2D eigenvalue weighted by molar-refractivity contribution is 7.87. The summed E-state index contributed by atoms with van der Waals surface area (Å²) in [5.74, 6) is 1.00. The molecule has 0 aromatic heterocycles. The van der Waals surface area contributed by atoms with E-state index in [1.54, 1.807) is 38.3 Å². The predicted octanol–water partition coefficient (Wildman–Crippen LogP) is 4.23. The monoisotopic (exact) mass is 537 g/mol. The first kappa shape index (κ1) is 26.1. The molecule has 0 aliphatic carbocycles. The number of methoxy groups -OCH3 is 2. The first-order chi connectivity index (χ1) is 18.3. The third-order valence-corrected chi connectivity index (χ3v) is 8.43. The van der Waals surface area contributed by atoms with Crippen LogP contribution in [0.5, 0.6) is 17.2 Å². The van der Waals surface area contributed by atoms with Gasteiger partial charge in [-0.2, -0.15) is 8.42 Å². The van der Waals surface area contributed by atoms with Crippen molar-refractivity contribution in [3.05, 3.63) is 82.4 Å². The SMILES string of the molecule is CCOC(=O)Cc1cc2c(cc1OC)C1Cc3ccc(OC)c(OS(=O)(=O)c4ccccc4)c3CN1CC2. The molecule has 3 aromatic rings. The Morgan fingerprint density at radius 1 is 1.00 bits per heavy atom. The van der Waals surface area contributed by atoms with Crippen LogP contribution in [0.4, 0.5) is 0 Å². The second kappa shape index (κ2) is 10.7. The normalized spacial score (nSPS) is 16.6. The van der Waals surface area contributed by atoms with Gasteiger partial charge in [0, 0.05) is 30.3 Å². The second-order valence-electron chi connectivity index (χ2n) is 9.37. The topological polar surface area (TPSA) is 91.4 Å². The van der Waals surface area contributed by atoms with Crippen molar-refractivity contribution in [2.24, 2.45) is 0 Å². The van der Waals surface area contributed by atoms with Gasteiger partial charge in [0.15, 0.2) is 11.5 Å². The lowest BCUT2D eigenvalue weighted by atomic mass is 9.82. The highest BCUT2D eigenvalue weighted by Crippen LogP contribution is 2.45. The average Bonchev–Trinajstić information content (AvgIpc) is 2.92. The molecule has 0 N–H and O–H groups in total. The summed E-state index contributed by atoms with van der Waals surface area (Å²) >= 11 is 0. The fourth-order valence-corrected chi connectivity index (χ4v) is 6.37. The minimum atomic E-state index is -4.04. The molecular weight excluding hydrogens is 506 g/mol. The second-order valence-corrected chi connectivity index (χ2v) is 10.9. The van der Waals surface area contributed by atoms with Crippen LogP contribution in [0.3, 0.4) is 0 Å². The maximum absolute atomic E-state index is 13.1. The molecule has 9 heteroatoms. The van der Waals surface area contributed by atoms with Gasteiger partial charge in [-0.05, 0) is 60.7 Å². The molecule has 2 aliphatic heterocycles. The van der Waals surface area contributed by atoms with Crippen molar-refractivity contribution in [2.75, 3.05) is 27.4 Å². The Labute approximate surface area is 223 Å². The molecule has 0 bridgehead atoms. The van der Waals surface area contributed by atoms with E-state index in [1.165, 1.54) is 24.8 Å². The molecule has 200 valence electrons. The summed E-state index contributed by atoms with van der Waals surface area (Å²) < 4.78 is 48.2. The van der Waals surface area contributed by atoms with Gasteiger partial charge >= 0.3 is 16.1 Å². The summed E-state index contributed by atoms with van der Waals surface area (Å²) in [6.45, 7) is 3.43. The summed E-state index contributed by atoms with van der Waals surface area (Å²) in [6.07, 6.45) is 1.63. The molecule has 0 spiro atoms. The van der Waals surface area contributed by atoms with Crippen LogP contribution in [0.1, 0.15) is 40.8 Å². The Balaban J connectivity index is 1.49. The van der Waals surface area contributed by atoms with E-state index in [9.17, 15) is 13.2 Å². The van der Waals surface area contributed by atoms with Crippen LogP contribution in [0.25, 0.3) is 0 Å². The number of esters is 1. The van der Waals surface area contributed by atoms with Crippen molar-refractivity contribution in [1.29, 1.82) is 0 Å². The van der Waals surface area contributed by atoms with Crippen LogP contribution in [0.2, 0.25) is 0 Å². The lowest BCUT2D eigenvalue weighted by Gasteiger charge is -2.42. The van der Waals surface area contributed by atoms with Crippen LogP contribution in [0.15, 0.2) is 59.5 Å². The van der Waals surface area contributed by atoms with E-state index >= 15 is 0 Å². The van der Waals surface area contributed by atoms with Crippen LogP contribution in [-0.2, 0) is 45.5 Å². The molecule has 38 heavy (non-hydrogen) atoms. The van der Waals surface area contributed by atoms with Crippen LogP contribution in [-0.4, -0.2) is 46.7 Å². The largest absolute Gasteiger partial charge is 0.496 e. The van der Waals surface area contributed by atoms with Gasteiger partial charge in [0.2, 0.25) is 0 Å². The third kappa shape index (κ3) is 4.96. The predicted molar refractivity (Wildman–Crippen MR) is 141 cm³/mol. The van der Waals surface area contributed by atoms with Gasteiger partial charge in [-0.15, -0.1) is 0 Å². The maximum Gasteiger partial charge on any atom is 0.339 e. The summed E-state index contributed by atoms with van der Waals surface area (Å²) in [4.78, 5) is 14.6. The number of rotatable bonds is 8. The Kier molecular flexibility index (Phi) is 7.32. The van der Waals surface area contributed by atoms with Crippen molar-refractivity contribution in [2.45, 2.75) is 43.7 Å². The molecule has 0 radical (unpaired) electrons. The number of carbonyl (C=O) groups is 1. The Morgan fingerprint density at radius 2 is 1.76 bits per heavy atom.